The minimum atomic E-state index is -0.409. The predicted molar refractivity (Wildman–Crippen MR) is 116 cm³/mol. The smallest absolute Gasteiger partial charge is 0.357 e. The number of methoxy groups -OCH3 is 2. The molecule has 2 aliphatic rings. The number of carbonyl (C=O) groups is 2. The molecule has 4 rings (SSSR count). The minimum absolute atomic E-state index is 0.305. The summed E-state index contributed by atoms with van der Waals surface area (Å²) in [5.74, 6) is -0.811. The number of ether oxygens (including phenoxy) is 4. The van der Waals surface area contributed by atoms with Crippen molar-refractivity contribution < 1.29 is 28.5 Å². The van der Waals surface area contributed by atoms with Crippen LogP contribution in [0.3, 0.4) is 0 Å². The van der Waals surface area contributed by atoms with E-state index in [1.54, 1.807) is 18.5 Å². The average Bonchev–Trinajstić information content (AvgIpc) is 3.36. The van der Waals surface area contributed by atoms with Gasteiger partial charge in [0.05, 0.1) is 38.6 Å². The topological polar surface area (TPSA) is 96.8 Å². The Morgan fingerprint density at radius 2 is 1.59 bits per heavy atom. The van der Waals surface area contributed by atoms with Crippen molar-refractivity contribution in [2.45, 2.75) is 65.0 Å². The lowest BCUT2D eigenvalue weighted by Gasteiger charge is -2.22. The molecule has 2 aromatic heterocycles. The second-order valence-corrected chi connectivity index (χ2v) is 8.14. The van der Waals surface area contributed by atoms with E-state index in [-0.39, 0.29) is 11.2 Å². The van der Waals surface area contributed by atoms with Gasteiger partial charge in [-0.1, -0.05) is 13.8 Å². The molecule has 32 heavy (non-hydrogen) atoms. The number of aromatic nitrogens is 2. The van der Waals surface area contributed by atoms with Gasteiger partial charge in [0.2, 0.25) is 0 Å². The lowest BCUT2D eigenvalue weighted by atomic mass is 9.92. The summed E-state index contributed by atoms with van der Waals surface area (Å²) in [5.41, 5.74) is 4.11. The fourth-order valence-electron chi connectivity index (χ4n) is 3.92. The number of hydrogen-bond acceptors (Lipinski definition) is 8. The third-order valence-electron chi connectivity index (χ3n) is 6.39. The molecule has 0 N–H and O–H groups in total. The van der Waals surface area contributed by atoms with Gasteiger partial charge in [-0.3, -0.25) is 0 Å². The molecule has 0 spiro atoms. The second kappa shape index (κ2) is 9.34. The number of fused-ring (bicyclic) bond motifs is 2. The normalized spacial score (nSPS) is 22.9. The molecule has 4 heterocycles. The van der Waals surface area contributed by atoms with Crippen molar-refractivity contribution in [2.24, 2.45) is 0 Å². The van der Waals surface area contributed by atoms with E-state index in [0.29, 0.717) is 24.6 Å². The molecule has 8 nitrogen and oxygen atoms in total. The molecule has 2 aromatic rings. The number of rotatable bonds is 4. The summed E-state index contributed by atoms with van der Waals surface area (Å²) in [7, 11) is 2.71. The number of hydrogen-bond donors (Lipinski definition) is 0. The van der Waals surface area contributed by atoms with Gasteiger partial charge in [0.15, 0.2) is 5.69 Å². The lowest BCUT2D eigenvalue weighted by Crippen LogP contribution is -2.19. The molecule has 2 aliphatic heterocycles. The van der Waals surface area contributed by atoms with Crippen molar-refractivity contribution in [2.75, 3.05) is 14.2 Å². The summed E-state index contributed by atoms with van der Waals surface area (Å²) >= 11 is 0. The van der Waals surface area contributed by atoms with Crippen LogP contribution in [-0.4, -0.2) is 36.1 Å². The highest BCUT2D eigenvalue weighted by Gasteiger charge is 2.37. The summed E-state index contributed by atoms with van der Waals surface area (Å²) in [5, 5.41) is 0. The summed E-state index contributed by atoms with van der Waals surface area (Å²) in [6.07, 6.45) is 5.06. The van der Waals surface area contributed by atoms with E-state index in [1.807, 2.05) is 19.9 Å². The molecule has 0 saturated carbocycles. The van der Waals surface area contributed by atoms with Crippen LogP contribution in [-0.2, 0) is 43.4 Å². The highest BCUT2D eigenvalue weighted by molar-refractivity contribution is 5.89. The fraction of sp³-hybridized carbons (Fsp3) is 0.500. The van der Waals surface area contributed by atoms with Gasteiger partial charge in [-0.25, -0.2) is 19.6 Å². The number of nitrogens with zero attached hydrogens (tertiary/aromatic N) is 2. The van der Waals surface area contributed by atoms with Gasteiger partial charge in [0.1, 0.15) is 5.69 Å². The highest BCUT2D eigenvalue weighted by Crippen LogP contribution is 2.40. The quantitative estimate of drug-likeness (QED) is 0.655. The van der Waals surface area contributed by atoms with Crippen molar-refractivity contribution >= 4 is 11.9 Å². The van der Waals surface area contributed by atoms with Crippen LogP contribution in [0.4, 0.5) is 0 Å². The molecule has 0 aromatic carbocycles. The standard InChI is InChI=1S/2C12H15NO3/c1-4-12(2)9-5-10(11(14)15-3)13-6-8(9)7-16-12;1-4-12(2)9-5-6-13-10(11(14)15-3)8(9)7-16-12/h2*5-6H,4,7H2,1-3H3. The van der Waals surface area contributed by atoms with E-state index in [4.69, 9.17) is 14.2 Å². The van der Waals surface area contributed by atoms with Crippen molar-refractivity contribution in [3.05, 3.63) is 58.2 Å². The van der Waals surface area contributed by atoms with E-state index in [0.717, 1.165) is 35.1 Å². The van der Waals surface area contributed by atoms with E-state index in [1.165, 1.54) is 14.2 Å². The Morgan fingerprint density at radius 1 is 0.969 bits per heavy atom. The first kappa shape index (κ1) is 23.8. The summed E-state index contributed by atoms with van der Waals surface area (Å²) in [4.78, 5) is 31.1. The maximum absolute atomic E-state index is 11.5. The first-order valence-electron chi connectivity index (χ1n) is 10.6. The van der Waals surface area contributed by atoms with Crippen LogP contribution >= 0.6 is 0 Å². The maximum Gasteiger partial charge on any atom is 0.357 e. The van der Waals surface area contributed by atoms with E-state index in [9.17, 15) is 9.59 Å². The van der Waals surface area contributed by atoms with Gasteiger partial charge < -0.3 is 18.9 Å². The zero-order chi connectivity index (χ0) is 23.5. The Morgan fingerprint density at radius 3 is 2.22 bits per heavy atom. The van der Waals surface area contributed by atoms with Crippen molar-refractivity contribution in [3.8, 4) is 0 Å². The molecule has 0 aliphatic carbocycles. The van der Waals surface area contributed by atoms with Gasteiger partial charge in [-0.05, 0) is 49.9 Å². The Hall–Kier alpha value is -2.84. The molecule has 0 saturated heterocycles. The zero-order valence-corrected chi connectivity index (χ0v) is 19.5. The molecular formula is C24H30N2O6. The predicted octanol–water partition coefficient (Wildman–Crippen LogP) is 4.05. The van der Waals surface area contributed by atoms with Crippen LogP contribution in [0.5, 0.6) is 0 Å². The zero-order valence-electron chi connectivity index (χ0n) is 19.5. The van der Waals surface area contributed by atoms with Crippen LogP contribution in [0.1, 0.15) is 83.8 Å². The van der Waals surface area contributed by atoms with Crippen LogP contribution < -0.4 is 0 Å². The molecule has 0 fully saturated rings. The molecule has 2 atom stereocenters. The molecule has 172 valence electrons. The highest BCUT2D eigenvalue weighted by atomic mass is 16.5. The largest absolute Gasteiger partial charge is 0.464 e. The number of carbonyl (C=O) groups excluding carboxylic acids is 2. The van der Waals surface area contributed by atoms with Crippen LogP contribution in [0.15, 0.2) is 24.5 Å². The minimum Gasteiger partial charge on any atom is -0.464 e. The fourth-order valence-corrected chi connectivity index (χ4v) is 3.92. The molecule has 8 heteroatoms. The summed E-state index contributed by atoms with van der Waals surface area (Å²) in [6.45, 7) is 9.17. The average molecular weight is 443 g/mol. The van der Waals surface area contributed by atoms with Gasteiger partial charge in [-0.15, -0.1) is 0 Å². The Kier molecular flexibility index (Phi) is 6.95. The summed E-state index contributed by atoms with van der Waals surface area (Å²) < 4.78 is 20.8. The van der Waals surface area contributed by atoms with E-state index < -0.39 is 11.9 Å². The van der Waals surface area contributed by atoms with Crippen LogP contribution in [0, 0.1) is 0 Å². The lowest BCUT2D eigenvalue weighted by molar-refractivity contribution is -0.0262. The van der Waals surface area contributed by atoms with Gasteiger partial charge in [0, 0.05) is 23.5 Å². The van der Waals surface area contributed by atoms with Gasteiger partial charge in [-0.2, -0.15) is 0 Å². The monoisotopic (exact) mass is 442 g/mol. The SMILES string of the molecule is CCC1(C)OCc2c1ccnc2C(=O)OC.CCC1(C)OCc2cnc(C(=O)OC)cc21. The number of esters is 2. The summed E-state index contributed by atoms with van der Waals surface area (Å²) in [6, 6.07) is 3.69. The van der Waals surface area contributed by atoms with E-state index in [2.05, 4.69) is 28.6 Å². The van der Waals surface area contributed by atoms with Gasteiger partial charge >= 0.3 is 11.9 Å². The van der Waals surface area contributed by atoms with E-state index >= 15 is 0 Å². The number of pyridine rings is 2. The third kappa shape index (κ3) is 4.25. The van der Waals surface area contributed by atoms with Crippen molar-refractivity contribution in [1.29, 1.82) is 0 Å². The Bertz CT molecular complexity index is 1020. The first-order chi connectivity index (χ1) is 15.2. The molecule has 0 amide bonds. The Balaban J connectivity index is 0.000000181. The van der Waals surface area contributed by atoms with Crippen molar-refractivity contribution in [1.82, 2.24) is 9.97 Å². The third-order valence-corrected chi connectivity index (χ3v) is 6.39. The Labute approximate surface area is 188 Å². The molecule has 0 radical (unpaired) electrons. The van der Waals surface area contributed by atoms with Gasteiger partial charge in [0.25, 0.3) is 0 Å². The second-order valence-electron chi connectivity index (χ2n) is 8.14. The van der Waals surface area contributed by atoms with Crippen LogP contribution in [0.2, 0.25) is 0 Å². The molecule has 0 bridgehead atoms. The van der Waals surface area contributed by atoms with Crippen molar-refractivity contribution in [3.63, 3.8) is 0 Å². The molecular weight excluding hydrogens is 412 g/mol. The first-order valence-corrected chi connectivity index (χ1v) is 10.6. The maximum atomic E-state index is 11.5. The van der Waals surface area contributed by atoms with Crippen LogP contribution in [0.25, 0.3) is 0 Å². The molecule has 2 unspecified atom stereocenters.